The summed E-state index contributed by atoms with van der Waals surface area (Å²) in [5.41, 5.74) is 2.73. The van der Waals surface area contributed by atoms with Gasteiger partial charge in [-0.25, -0.2) is 8.42 Å². The maximum absolute atomic E-state index is 13.5. The molecular formula is C28H31BrN4O4S. The molecule has 0 radical (unpaired) electrons. The fraction of sp³-hybridized carbons (Fsp3) is 0.286. The molecule has 200 valence electrons. The van der Waals surface area contributed by atoms with Crippen LogP contribution < -0.4 is 5.32 Å². The van der Waals surface area contributed by atoms with Crippen LogP contribution >= 0.6 is 15.9 Å². The molecule has 0 aliphatic carbocycles. The lowest BCUT2D eigenvalue weighted by atomic mass is 10.1. The normalized spacial score (nSPS) is 14.5. The number of halogens is 1. The van der Waals surface area contributed by atoms with Gasteiger partial charge in [0.1, 0.15) is 0 Å². The Morgan fingerprint density at radius 2 is 1.50 bits per heavy atom. The van der Waals surface area contributed by atoms with E-state index in [4.69, 9.17) is 0 Å². The van der Waals surface area contributed by atoms with Gasteiger partial charge in [0, 0.05) is 48.4 Å². The van der Waals surface area contributed by atoms with Crippen LogP contribution in [0.1, 0.15) is 21.5 Å². The maximum Gasteiger partial charge on any atom is 0.253 e. The lowest BCUT2D eigenvalue weighted by molar-refractivity contribution is -0.116. The third-order valence-corrected chi connectivity index (χ3v) is 8.79. The lowest BCUT2D eigenvalue weighted by Gasteiger charge is -2.32. The van der Waals surface area contributed by atoms with Gasteiger partial charge in [0.25, 0.3) is 5.91 Å². The van der Waals surface area contributed by atoms with Crippen LogP contribution in [0, 0.1) is 6.92 Å². The molecule has 1 aliphatic heterocycles. The van der Waals surface area contributed by atoms with Gasteiger partial charge in [-0.2, -0.15) is 4.31 Å². The van der Waals surface area contributed by atoms with E-state index in [1.807, 2.05) is 43.1 Å². The van der Waals surface area contributed by atoms with Crippen LogP contribution in [-0.2, 0) is 21.4 Å². The Morgan fingerprint density at radius 1 is 0.895 bits per heavy atom. The van der Waals surface area contributed by atoms with Crippen LogP contribution in [0.4, 0.5) is 5.69 Å². The first-order chi connectivity index (χ1) is 18.1. The molecule has 0 atom stereocenters. The second-order valence-corrected chi connectivity index (χ2v) is 12.3. The molecule has 0 saturated carbocycles. The van der Waals surface area contributed by atoms with Gasteiger partial charge < -0.3 is 15.1 Å². The molecule has 1 aliphatic rings. The molecule has 3 aromatic carbocycles. The first-order valence-corrected chi connectivity index (χ1v) is 14.5. The van der Waals surface area contributed by atoms with Crippen molar-refractivity contribution in [2.45, 2.75) is 18.4 Å². The molecule has 0 bridgehead atoms. The van der Waals surface area contributed by atoms with E-state index in [-0.39, 0.29) is 23.9 Å². The predicted molar refractivity (Wildman–Crippen MR) is 151 cm³/mol. The van der Waals surface area contributed by atoms with Gasteiger partial charge in [0.2, 0.25) is 15.9 Å². The van der Waals surface area contributed by atoms with Gasteiger partial charge in [-0.3, -0.25) is 9.59 Å². The zero-order valence-electron chi connectivity index (χ0n) is 21.4. The molecule has 1 N–H and O–H groups in total. The number of carbonyl (C=O) groups is 2. The average molecular weight is 600 g/mol. The van der Waals surface area contributed by atoms with Gasteiger partial charge >= 0.3 is 0 Å². The van der Waals surface area contributed by atoms with Gasteiger partial charge in [0.05, 0.1) is 11.4 Å². The quantitative estimate of drug-likeness (QED) is 0.424. The van der Waals surface area contributed by atoms with Crippen LogP contribution in [0.25, 0.3) is 0 Å². The summed E-state index contributed by atoms with van der Waals surface area (Å²) in [5, 5.41) is 2.77. The highest BCUT2D eigenvalue weighted by molar-refractivity contribution is 9.10. The molecular weight excluding hydrogens is 568 g/mol. The summed E-state index contributed by atoms with van der Waals surface area (Å²) in [7, 11) is -1.91. The third kappa shape index (κ3) is 7.08. The van der Waals surface area contributed by atoms with Crippen molar-refractivity contribution < 1.29 is 18.0 Å². The number of benzene rings is 3. The largest absolute Gasteiger partial charge is 0.336 e. The third-order valence-electron chi connectivity index (χ3n) is 6.46. The van der Waals surface area contributed by atoms with Crippen LogP contribution in [0.5, 0.6) is 0 Å². The summed E-state index contributed by atoms with van der Waals surface area (Å²) in [6.45, 7) is 4.58. The number of rotatable bonds is 8. The van der Waals surface area contributed by atoms with E-state index < -0.39 is 15.9 Å². The standard InChI is InChI=1S/C28H31BrN4O4S/c1-21-3-13-26(14-4-21)38(36,37)33(19-22-5-9-24(29)10-6-22)20-27(34)30-25-11-7-23(8-12-25)28(35)32-17-15-31(2)16-18-32/h3-14H,15-20H2,1-2H3,(H,30,34). The highest BCUT2D eigenvalue weighted by Crippen LogP contribution is 2.21. The highest BCUT2D eigenvalue weighted by atomic mass is 79.9. The average Bonchev–Trinajstić information content (AvgIpc) is 2.90. The van der Waals surface area contributed by atoms with Crippen molar-refractivity contribution in [1.82, 2.24) is 14.1 Å². The molecule has 1 fully saturated rings. The number of nitrogens with zero attached hydrogens (tertiary/aromatic N) is 3. The molecule has 0 unspecified atom stereocenters. The number of likely N-dealkylation sites (N-methyl/N-ethyl adjacent to an activating group) is 1. The number of hydrogen-bond donors (Lipinski definition) is 1. The van der Waals surface area contributed by atoms with Gasteiger partial charge in [-0.05, 0) is 68.1 Å². The zero-order chi connectivity index (χ0) is 27.3. The van der Waals surface area contributed by atoms with Crippen LogP contribution in [0.2, 0.25) is 0 Å². The SMILES string of the molecule is Cc1ccc(S(=O)(=O)N(CC(=O)Nc2ccc(C(=O)N3CCN(C)CC3)cc2)Cc2ccc(Br)cc2)cc1. The second-order valence-electron chi connectivity index (χ2n) is 9.43. The van der Waals surface area contributed by atoms with Crippen LogP contribution in [-0.4, -0.2) is 74.1 Å². The predicted octanol–water partition coefficient (Wildman–Crippen LogP) is 3.97. The van der Waals surface area contributed by atoms with E-state index in [0.717, 1.165) is 28.7 Å². The van der Waals surface area contributed by atoms with E-state index in [1.54, 1.807) is 48.5 Å². The summed E-state index contributed by atoms with van der Waals surface area (Å²) in [5.74, 6) is -0.517. The minimum Gasteiger partial charge on any atom is -0.336 e. The number of piperazine rings is 1. The Kier molecular flexibility index (Phi) is 8.99. The molecule has 1 heterocycles. The summed E-state index contributed by atoms with van der Waals surface area (Å²) >= 11 is 3.39. The van der Waals surface area contributed by atoms with E-state index >= 15 is 0 Å². The molecule has 8 nitrogen and oxygen atoms in total. The number of amides is 2. The van der Waals surface area contributed by atoms with Crippen molar-refractivity contribution in [3.63, 3.8) is 0 Å². The number of carbonyl (C=O) groups excluding carboxylic acids is 2. The summed E-state index contributed by atoms with van der Waals surface area (Å²) in [6, 6.07) is 20.5. The number of hydrogen-bond acceptors (Lipinski definition) is 5. The zero-order valence-corrected chi connectivity index (χ0v) is 23.8. The molecule has 2 amide bonds. The number of aryl methyl sites for hydroxylation is 1. The molecule has 38 heavy (non-hydrogen) atoms. The monoisotopic (exact) mass is 598 g/mol. The molecule has 10 heteroatoms. The molecule has 3 aromatic rings. The first kappa shape index (κ1) is 28.0. The van der Waals surface area contributed by atoms with E-state index in [0.29, 0.717) is 24.3 Å². The van der Waals surface area contributed by atoms with Crippen molar-refractivity contribution in [1.29, 1.82) is 0 Å². The Morgan fingerprint density at radius 3 is 2.11 bits per heavy atom. The van der Waals surface area contributed by atoms with E-state index in [1.165, 1.54) is 4.31 Å². The van der Waals surface area contributed by atoms with Gasteiger partial charge in [-0.1, -0.05) is 45.8 Å². The van der Waals surface area contributed by atoms with E-state index in [9.17, 15) is 18.0 Å². The van der Waals surface area contributed by atoms with Crippen molar-refractivity contribution in [3.8, 4) is 0 Å². The van der Waals surface area contributed by atoms with E-state index in [2.05, 4.69) is 26.1 Å². The minimum atomic E-state index is -3.94. The van der Waals surface area contributed by atoms with Crippen LogP contribution in [0.3, 0.4) is 0 Å². The molecule has 4 rings (SSSR count). The Labute approximate surface area is 232 Å². The number of nitrogens with one attached hydrogen (secondary N) is 1. The first-order valence-electron chi connectivity index (χ1n) is 12.3. The smallest absolute Gasteiger partial charge is 0.253 e. The van der Waals surface area contributed by atoms with Crippen molar-refractivity contribution in [2.75, 3.05) is 45.1 Å². The van der Waals surface area contributed by atoms with Crippen molar-refractivity contribution >= 4 is 43.5 Å². The molecule has 0 aromatic heterocycles. The lowest BCUT2D eigenvalue weighted by Crippen LogP contribution is -2.47. The fourth-order valence-corrected chi connectivity index (χ4v) is 5.78. The summed E-state index contributed by atoms with van der Waals surface area (Å²) in [6.07, 6.45) is 0. The summed E-state index contributed by atoms with van der Waals surface area (Å²) in [4.78, 5) is 29.9. The van der Waals surface area contributed by atoms with Crippen LogP contribution in [0.15, 0.2) is 82.2 Å². The Hall–Kier alpha value is -3.05. The van der Waals surface area contributed by atoms with Crippen molar-refractivity contribution in [2.24, 2.45) is 0 Å². The molecule has 0 spiro atoms. The van der Waals surface area contributed by atoms with Gasteiger partial charge in [0.15, 0.2) is 0 Å². The molecule has 1 saturated heterocycles. The van der Waals surface area contributed by atoms with Gasteiger partial charge in [-0.15, -0.1) is 0 Å². The number of sulfonamides is 1. The van der Waals surface area contributed by atoms with Crippen molar-refractivity contribution in [3.05, 3.63) is 94.0 Å². The highest BCUT2D eigenvalue weighted by Gasteiger charge is 2.27. The second kappa shape index (κ2) is 12.2. The summed E-state index contributed by atoms with van der Waals surface area (Å²) < 4.78 is 29.0. The fourth-order valence-electron chi connectivity index (χ4n) is 4.13. The Balaban J connectivity index is 1.47. The maximum atomic E-state index is 13.5. The topological polar surface area (TPSA) is 90.0 Å². The minimum absolute atomic E-state index is 0.0371. The number of anilines is 1. The Bertz CT molecular complexity index is 1370.